The quantitative estimate of drug-likeness (QED) is 0.135. The van der Waals surface area contributed by atoms with Crippen LogP contribution in [0, 0.1) is 6.92 Å². The molecular formula is C34H46N4O3. The normalized spacial score (nSPS) is 11.5. The molecule has 0 spiro atoms. The minimum atomic E-state index is 0.624. The van der Waals surface area contributed by atoms with E-state index in [0.717, 1.165) is 97.5 Å². The van der Waals surface area contributed by atoms with Gasteiger partial charge in [-0.05, 0) is 70.2 Å². The van der Waals surface area contributed by atoms with Crippen molar-refractivity contribution in [1.29, 1.82) is 0 Å². The van der Waals surface area contributed by atoms with Gasteiger partial charge in [0, 0.05) is 30.8 Å². The SMILES string of the molecule is CCN(CC)CCCOc1cc(OCCCN(CC)CC)c2nc(-c3cccc(Oc4ccc(C)cc4)c3)[nH]c2c1. The molecule has 0 unspecified atom stereocenters. The lowest BCUT2D eigenvalue weighted by Gasteiger charge is -2.18. The second kappa shape index (κ2) is 15.5. The maximum Gasteiger partial charge on any atom is 0.150 e. The van der Waals surface area contributed by atoms with E-state index in [4.69, 9.17) is 19.2 Å². The number of ether oxygens (including phenoxy) is 3. The van der Waals surface area contributed by atoms with Gasteiger partial charge < -0.3 is 29.0 Å². The molecule has 7 nitrogen and oxygen atoms in total. The summed E-state index contributed by atoms with van der Waals surface area (Å²) >= 11 is 0. The maximum absolute atomic E-state index is 6.32. The zero-order valence-electron chi connectivity index (χ0n) is 25.4. The van der Waals surface area contributed by atoms with Crippen molar-refractivity contribution in [1.82, 2.24) is 19.8 Å². The van der Waals surface area contributed by atoms with Crippen LogP contribution < -0.4 is 14.2 Å². The molecule has 41 heavy (non-hydrogen) atoms. The van der Waals surface area contributed by atoms with Crippen LogP contribution in [-0.4, -0.2) is 72.3 Å². The number of nitrogens with one attached hydrogen (secondary N) is 1. The van der Waals surface area contributed by atoms with Crippen molar-refractivity contribution in [3.8, 4) is 34.4 Å². The Morgan fingerprint density at radius 3 is 2.02 bits per heavy atom. The van der Waals surface area contributed by atoms with E-state index in [9.17, 15) is 0 Å². The van der Waals surface area contributed by atoms with Gasteiger partial charge in [-0.1, -0.05) is 57.5 Å². The molecule has 0 aliphatic heterocycles. The Morgan fingerprint density at radius 1 is 0.707 bits per heavy atom. The van der Waals surface area contributed by atoms with Gasteiger partial charge in [-0.3, -0.25) is 0 Å². The Labute approximate surface area is 245 Å². The number of hydrogen-bond acceptors (Lipinski definition) is 6. The van der Waals surface area contributed by atoms with Crippen molar-refractivity contribution >= 4 is 11.0 Å². The zero-order chi connectivity index (χ0) is 29.0. The van der Waals surface area contributed by atoms with Crippen molar-refractivity contribution < 1.29 is 14.2 Å². The molecule has 4 aromatic rings. The van der Waals surface area contributed by atoms with Gasteiger partial charge in [0.15, 0.2) is 5.75 Å². The lowest BCUT2D eigenvalue weighted by atomic mass is 10.2. The lowest BCUT2D eigenvalue weighted by molar-refractivity contribution is 0.243. The van der Waals surface area contributed by atoms with Crippen LogP contribution in [0.4, 0.5) is 0 Å². The van der Waals surface area contributed by atoms with Gasteiger partial charge in [-0.15, -0.1) is 0 Å². The molecule has 1 N–H and O–H groups in total. The first-order valence-corrected chi connectivity index (χ1v) is 15.1. The van der Waals surface area contributed by atoms with Gasteiger partial charge in [0.1, 0.15) is 28.6 Å². The highest BCUT2D eigenvalue weighted by atomic mass is 16.5. The molecule has 0 bridgehead atoms. The van der Waals surface area contributed by atoms with E-state index in [2.05, 4.69) is 49.4 Å². The Balaban J connectivity index is 1.54. The summed E-state index contributed by atoms with van der Waals surface area (Å²) in [4.78, 5) is 13.3. The van der Waals surface area contributed by atoms with Crippen LogP contribution >= 0.6 is 0 Å². The van der Waals surface area contributed by atoms with Crippen LogP contribution in [0.15, 0.2) is 60.7 Å². The Hall–Kier alpha value is -3.55. The molecule has 0 fully saturated rings. The average Bonchev–Trinajstić information content (AvgIpc) is 3.43. The molecule has 1 aromatic heterocycles. The fourth-order valence-electron chi connectivity index (χ4n) is 4.87. The third-order valence-corrected chi connectivity index (χ3v) is 7.44. The number of H-pyrrole nitrogens is 1. The summed E-state index contributed by atoms with van der Waals surface area (Å²) in [6.45, 7) is 18.4. The van der Waals surface area contributed by atoms with Crippen molar-refractivity contribution in [2.45, 2.75) is 47.5 Å². The summed E-state index contributed by atoms with van der Waals surface area (Å²) in [5.41, 5.74) is 3.85. The molecule has 0 saturated carbocycles. The second-order valence-corrected chi connectivity index (χ2v) is 10.3. The number of nitrogens with zero attached hydrogens (tertiary/aromatic N) is 3. The fraction of sp³-hybridized carbons (Fsp3) is 0.441. The smallest absolute Gasteiger partial charge is 0.150 e. The number of aromatic amines is 1. The second-order valence-electron chi connectivity index (χ2n) is 10.3. The van der Waals surface area contributed by atoms with Gasteiger partial charge in [-0.2, -0.15) is 0 Å². The molecule has 7 heteroatoms. The molecule has 4 rings (SSSR count). The summed E-state index contributed by atoms with van der Waals surface area (Å²) in [6.07, 6.45) is 1.93. The van der Waals surface area contributed by atoms with Gasteiger partial charge in [0.05, 0.1) is 18.7 Å². The summed E-state index contributed by atoms with van der Waals surface area (Å²) in [7, 11) is 0. The first-order chi connectivity index (χ1) is 20.0. The molecule has 0 radical (unpaired) electrons. The molecular weight excluding hydrogens is 512 g/mol. The van der Waals surface area contributed by atoms with Crippen LogP contribution in [0.3, 0.4) is 0 Å². The summed E-state index contributed by atoms with van der Waals surface area (Å²) in [5, 5.41) is 0. The number of fused-ring (bicyclic) bond motifs is 1. The molecule has 3 aromatic carbocycles. The van der Waals surface area contributed by atoms with Gasteiger partial charge in [-0.25, -0.2) is 4.98 Å². The van der Waals surface area contributed by atoms with Crippen molar-refractivity contribution in [3.05, 3.63) is 66.2 Å². The van der Waals surface area contributed by atoms with Crippen LogP contribution in [0.5, 0.6) is 23.0 Å². The predicted molar refractivity (Wildman–Crippen MR) is 169 cm³/mol. The molecule has 0 amide bonds. The molecule has 1 heterocycles. The monoisotopic (exact) mass is 558 g/mol. The van der Waals surface area contributed by atoms with Gasteiger partial charge in [0.2, 0.25) is 0 Å². The largest absolute Gasteiger partial charge is 0.493 e. The number of benzene rings is 3. The molecule has 0 aliphatic rings. The van der Waals surface area contributed by atoms with Gasteiger partial charge in [0.25, 0.3) is 0 Å². The van der Waals surface area contributed by atoms with E-state index < -0.39 is 0 Å². The predicted octanol–water partition coefficient (Wildman–Crippen LogP) is 7.55. The third kappa shape index (κ3) is 8.72. The van der Waals surface area contributed by atoms with Crippen LogP contribution in [0.2, 0.25) is 0 Å². The zero-order valence-corrected chi connectivity index (χ0v) is 25.4. The Bertz CT molecular complexity index is 1340. The Morgan fingerprint density at radius 2 is 1.37 bits per heavy atom. The first-order valence-electron chi connectivity index (χ1n) is 15.1. The molecule has 220 valence electrons. The Kier molecular flexibility index (Phi) is 11.5. The van der Waals surface area contributed by atoms with E-state index >= 15 is 0 Å². The summed E-state index contributed by atoms with van der Waals surface area (Å²) < 4.78 is 18.6. The van der Waals surface area contributed by atoms with E-state index in [1.165, 1.54) is 5.56 Å². The van der Waals surface area contributed by atoms with Crippen LogP contribution in [0.25, 0.3) is 22.4 Å². The number of rotatable bonds is 17. The van der Waals surface area contributed by atoms with Crippen molar-refractivity contribution in [2.24, 2.45) is 0 Å². The van der Waals surface area contributed by atoms with E-state index in [0.29, 0.717) is 13.2 Å². The van der Waals surface area contributed by atoms with Crippen LogP contribution in [-0.2, 0) is 0 Å². The minimum Gasteiger partial charge on any atom is -0.493 e. The van der Waals surface area contributed by atoms with E-state index in [1.807, 2.05) is 60.7 Å². The third-order valence-electron chi connectivity index (χ3n) is 7.44. The molecule has 0 atom stereocenters. The standard InChI is InChI=1S/C34H46N4O3/c1-6-37(7-2)19-11-21-39-30-24-31-33(32(25-30)40-22-12-20-38(8-3)9-4)36-34(35-31)27-13-10-14-29(23-27)41-28-17-15-26(5)16-18-28/h10,13-18,23-25H,6-9,11-12,19-22H2,1-5H3,(H,35,36). The lowest BCUT2D eigenvalue weighted by Crippen LogP contribution is -2.25. The van der Waals surface area contributed by atoms with Gasteiger partial charge >= 0.3 is 0 Å². The number of hydrogen-bond donors (Lipinski definition) is 1. The fourth-order valence-corrected chi connectivity index (χ4v) is 4.87. The summed E-state index contributed by atoms with van der Waals surface area (Å²) in [6, 6.07) is 20.1. The maximum atomic E-state index is 6.32. The van der Waals surface area contributed by atoms with E-state index in [-0.39, 0.29) is 0 Å². The molecule has 0 aliphatic carbocycles. The summed E-state index contributed by atoms with van der Waals surface area (Å²) in [5.74, 6) is 3.87. The highest BCUT2D eigenvalue weighted by Crippen LogP contribution is 2.34. The highest BCUT2D eigenvalue weighted by Gasteiger charge is 2.14. The van der Waals surface area contributed by atoms with Crippen LogP contribution in [0.1, 0.15) is 46.1 Å². The molecule has 0 saturated heterocycles. The van der Waals surface area contributed by atoms with E-state index in [1.54, 1.807) is 0 Å². The average molecular weight is 559 g/mol. The number of aromatic nitrogens is 2. The number of aryl methyl sites for hydroxylation is 1. The first kappa shape index (κ1) is 30.4. The number of imidazole rings is 1. The minimum absolute atomic E-state index is 0.624. The topological polar surface area (TPSA) is 62.9 Å². The van der Waals surface area contributed by atoms with Crippen molar-refractivity contribution in [3.63, 3.8) is 0 Å². The van der Waals surface area contributed by atoms with Crippen molar-refractivity contribution in [2.75, 3.05) is 52.5 Å². The highest BCUT2D eigenvalue weighted by molar-refractivity contribution is 5.86.